The molecule has 0 radical (unpaired) electrons. The van der Waals surface area contributed by atoms with E-state index in [4.69, 9.17) is 4.43 Å². The second-order valence-electron chi connectivity index (χ2n) is 8.36. The number of hydrogen-bond donors (Lipinski definition) is 0. The lowest BCUT2D eigenvalue weighted by molar-refractivity contribution is 0.156. The van der Waals surface area contributed by atoms with Gasteiger partial charge in [0.25, 0.3) is 0 Å². The van der Waals surface area contributed by atoms with Gasteiger partial charge in [-0.25, -0.2) is 0 Å². The molecule has 0 bridgehead atoms. The van der Waals surface area contributed by atoms with Crippen molar-refractivity contribution < 1.29 is 8.99 Å². The summed E-state index contributed by atoms with van der Waals surface area (Å²) in [6.45, 7) is 11.5. The molecule has 132 valence electrons. The summed E-state index contributed by atoms with van der Waals surface area (Å²) in [6.07, 6.45) is 7.72. The number of rotatable bonds is 5. The average Bonchev–Trinajstić information content (AvgIpc) is 2.52. The monoisotopic (exact) mass is 363 g/mol. The smallest absolute Gasteiger partial charge is 0.380 e. The minimum Gasteiger partial charge on any atom is -0.414 e. The summed E-state index contributed by atoms with van der Waals surface area (Å²) in [4.78, 5) is 0. The second kappa shape index (κ2) is 8.08. The Labute approximate surface area is 149 Å². The Kier molecular flexibility index (Phi) is 6.58. The first-order valence-corrected chi connectivity index (χ1v) is 13.4. The third-order valence-corrected chi connectivity index (χ3v) is 11.3. The van der Waals surface area contributed by atoms with E-state index in [-0.39, 0.29) is 5.04 Å². The van der Waals surface area contributed by atoms with Crippen molar-refractivity contribution in [1.82, 2.24) is 0 Å². The Bertz CT molecular complexity index is 587. The SMILES string of the molecule is CC(C)(C)[Si](C)(C)O[C@H]1CCC/C(=C/C[P+](=O)c2ccccc2)C1. The van der Waals surface area contributed by atoms with Gasteiger partial charge in [-0.3, -0.25) is 0 Å². The van der Waals surface area contributed by atoms with Crippen LogP contribution in [-0.4, -0.2) is 20.6 Å². The summed E-state index contributed by atoms with van der Waals surface area (Å²) in [6, 6.07) is 9.80. The maximum atomic E-state index is 12.4. The Morgan fingerprint density at radius 2 is 1.92 bits per heavy atom. The fraction of sp³-hybridized carbons (Fsp3) is 0.600. The van der Waals surface area contributed by atoms with E-state index in [1.54, 1.807) is 0 Å². The van der Waals surface area contributed by atoms with Crippen LogP contribution in [0.1, 0.15) is 46.5 Å². The molecule has 0 aromatic heterocycles. The molecule has 4 heteroatoms. The largest absolute Gasteiger partial charge is 0.414 e. The van der Waals surface area contributed by atoms with Crippen molar-refractivity contribution in [3.8, 4) is 0 Å². The fourth-order valence-electron chi connectivity index (χ4n) is 2.84. The van der Waals surface area contributed by atoms with E-state index >= 15 is 0 Å². The van der Waals surface area contributed by atoms with Crippen LogP contribution < -0.4 is 5.30 Å². The molecule has 1 aliphatic carbocycles. The first-order valence-electron chi connectivity index (χ1n) is 9.04. The highest BCUT2D eigenvalue weighted by Gasteiger charge is 2.39. The van der Waals surface area contributed by atoms with E-state index in [9.17, 15) is 4.57 Å². The van der Waals surface area contributed by atoms with E-state index in [0.29, 0.717) is 12.3 Å². The zero-order chi connectivity index (χ0) is 17.8. The molecule has 1 aromatic carbocycles. The Balaban J connectivity index is 1.94. The molecule has 0 saturated heterocycles. The van der Waals surface area contributed by atoms with Crippen molar-refractivity contribution in [2.24, 2.45) is 0 Å². The predicted octanol–water partition coefficient (Wildman–Crippen LogP) is 6.03. The molecule has 0 aliphatic heterocycles. The molecule has 1 saturated carbocycles. The van der Waals surface area contributed by atoms with Gasteiger partial charge in [0.15, 0.2) is 19.8 Å². The van der Waals surface area contributed by atoms with Gasteiger partial charge in [0.2, 0.25) is 0 Å². The van der Waals surface area contributed by atoms with Gasteiger partial charge in [-0.15, -0.1) is 0 Å². The Morgan fingerprint density at radius 1 is 1.25 bits per heavy atom. The molecular formula is C20H32O2PSi+. The van der Waals surface area contributed by atoms with Crippen molar-refractivity contribution >= 4 is 21.4 Å². The van der Waals surface area contributed by atoms with Crippen LogP contribution in [0.3, 0.4) is 0 Å². The predicted molar refractivity (Wildman–Crippen MR) is 107 cm³/mol. The Hall–Kier alpha value is -0.763. The highest BCUT2D eigenvalue weighted by Crippen LogP contribution is 2.39. The van der Waals surface area contributed by atoms with Crippen molar-refractivity contribution in [2.45, 2.75) is 70.7 Å². The lowest BCUT2D eigenvalue weighted by atomic mass is 9.92. The van der Waals surface area contributed by atoms with Crippen LogP contribution in [0.4, 0.5) is 0 Å². The molecule has 0 heterocycles. The normalized spacial score (nSPS) is 21.8. The van der Waals surface area contributed by atoms with Crippen molar-refractivity contribution in [1.29, 1.82) is 0 Å². The summed E-state index contributed by atoms with van der Waals surface area (Å²) in [5, 5.41) is 1.21. The first-order chi connectivity index (χ1) is 11.2. The molecule has 1 unspecified atom stereocenters. The molecule has 2 nitrogen and oxygen atoms in total. The number of hydrogen-bond acceptors (Lipinski definition) is 2. The lowest BCUT2D eigenvalue weighted by Crippen LogP contribution is -2.44. The summed E-state index contributed by atoms with van der Waals surface area (Å²) >= 11 is 0. The van der Waals surface area contributed by atoms with Gasteiger partial charge in [0.05, 0.1) is 0 Å². The zero-order valence-corrected chi connectivity index (χ0v) is 17.7. The lowest BCUT2D eigenvalue weighted by Gasteiger charge is -2.40. The average molecular weight is 364 g/mol. The molecule has 1 aromatic rings. The molecule has 2 rings (SSSR count). The maximum Gasteiger partial charge on any atom is 0.380 e. The van der Waals surface area contributed by atoms with E-state index in [0.717, 1.165) is 24.6 Å². The van der Waals surface area contributed by atoms with Crippen LogP contribution in [0.2, 0.25) is 18.1 Å². The van der Waals surface area contributed by atoms with Crippen molar-refractivity contribution in [3.63, 3.8) is 0 Å². The van der Waals surface area contributed by atoms with Crippen LogP contribution in [-0.2, 0) is 8.99 Å². The van der Waals surface area contributed by atoms with Crippen LogP contribution in [0.5, 0.6) is 0 Å². The maximum absolute atomic E-state index is 12.4. The molecule has 0 spiro atoms. The van der Waals surface area contributed by atoms with Crippen molar-refractivity contribution in [3.05, 3.63) is 42.0 Å². The van der Waals surface area contributed by atoms with E-state index < -0.39 is 16.1 Å². The van der Waals surface area contributed by atoms with Gasteiger partial charge < -0.3 is 4.43 Å². The van der Waals surface area contributed by atoms with Gasteiger partial charge in [0, 0.05) is 6.10 Å². The van der Waals surface area contributed by atoms with Crippen LogP contribution in [0.25, 0.3) is 0 Å². The van der Waals surface area contributed by atoms with Crippen LogP contribution in [0, 0.1) is 0 Å². The summed E-state index contributed by atoms with van der Waals surface area (Å²) in [7, 11) is -3.02. The topological polar surface area (TPSA) is 26.3 Å². The van der Waals surface area contributed by atoms with Gasteiger partial charge in [-0.05, 0) is 62.0 Å². The third-order valence-electron chi connectivity index (χ3n) is 5.37. The standard InChI is InChI=1S/C20H32O2PSi/c1-20(2,3)24(4,5)22-18-11-9-10-17(16-18)14-15-23(21)19-12-7-6-8-13-19/h6-8,12-14,18H,9-11,15-16H2,1-5H3/q+1/b17-14-/t18-/m0/s1. The summed E-state index contributed by atoms with van der Waals surface area (Å²) in [5.41, 5.74) is 1.43. The summed E-state index contributed by atoms with van der Waals surface area (Å²) < 4.78 is 19.0. The fourth-order valence-corrected chi connectivity index (χ4v) is 5.37. The van der Waals surface area contributed by atoms with Gasteiger partial charge in [-0.1, -0.05) is 49.1 Å². The minimum absolute atomic E-state index is 0.255. The molecule has 1 fully saturated rings. The highest BCUT2D eigenvalue weighted by molar-refractivity contribution is 7.53. The number of benzene rings is 1. The van der Waals surface area contributed by atoms with Gasteiger partial charge in [0.1, 0.15) is 0 Å². The van der Waals surface area contributed by atoms with Crippen LogP contribution in [0.15, 0.2) is 42.0 Å². The highest BCUT2D eigenvalue weighted by atomic mass is 31.1. The summed E-state index contributed by atoms with van der Waals surface area (Å²) in [5.74, 6) is 0. The van der Waals surface area contributed by atoms with Crippen LogP contribution >= 0.6 is 7.80 Å². The molecule has 0 N–H and O–H groups in total. The molecule has 24 heavy (non-hydrogen) atoms. The van der Waals surface area contributed by atoms with Gasteiger partial charge >= 0.3 is 7.80 Å². The van der Waals surface area contributed by atoms with Gasteiger partial charge in [-0.2, -0.15) is 0 Å². The van der Waals surface area contributed by atoms with E-state index in [1.165, 1.54) is 12.0 Å². The second-order valence-corrected chi connectivity index (χ2v) is 14.8. The van der Waals surface area contributed by atoms with E-state index in [1.807, 2.05) is 30.3 Å². The van der Waals surface area contributed by atoms with Crippen molar-refractivity contribution in [2.75, 3.05) is 6.16 Å². The Morgan fingerprint density at radius 3 is 2.54 bits per heavy atom. The minimum atomic E-state index is -1.70. The third kappa shape index (κ3) is 5.37. The quantitative estimate of drug-likeness (QED) is 0.363. The number of allylic oxidation sites excluding steroid dienone is 1. The first kappa shape index (κ1) is 19.6. The molecule has 2 atom stereocenters. The zero-order valence-electron chi connectivity index (χ0n) is 15.8. The molecular weight excluding hydrogens is 331 g/mol. The molecule has 1 aliphatic rings. The van der Waals surface area contributed by atoms with E-state index in [2.05, 4.69) is 39.9 Å². The molecule has 0 amide bonds.